The van der Waals surface area contributed by atoms with Gasteiger partial charge in [-0.15, -0.1) is 15.3 Å². The van der Waals surface area contributed by atoms with Crippen molar-refractivity contribution in [1.29, 1.82) is 0 Å². The number of halogens is 3. The van der Waals surface area contributed by atoms with Gasteiger partial charge >= 0.3 is 6.18 Å². The van der Waals surface area contributed by atoms with Gasteiger partial charge in [0.1, 0.15) is 5.75 Å². The summed E-state index contributed by atoms with van der Waals surface area (Å²) in [6, 6.07) is 6.12. The number of amides is 1. The van der Waals surface area contributed by atoms with Gasteiger partial charge in [-0.2, -0.15) is 17.7 Å². The lowest BCUT2D eigenvalue weighted by molar-refractivity contribution is -0.146. The molecule has 11 heteroatoms. The number of aromatic nitrogens is 4. The minimum Gasteiger partial charge on any atom is -0.508 e. The maximum atomic E-state index is 13.2. The number of phenols is 1. The summed E-state index contributed by atoms with van der Waals surface area (Å²) in [5.41, 5.74) is 1.74. The number of piperazine rings is 1. The molecule has 0 unspecified atom stereocenters. The van der Waals surface area contributed by atoms with Crippen LogP contribution in [0.15, 0.2) is 24.3 Å². The highest BCUT2D eigenvalue weighted by molar-refractivity contribution is 5.94. The fourth-order valence-corrected chi connectivity index (χ4v) is 3.53. The van der Waals surface area contributed by atoms with Crippen LogP contribution in [0.5, 0.6) is 5.75 Å². The second-order valence-electron chi connectivity index (χ2n) is 7.16. The van der Waals surface area contributed by atoms with E-state index in [1.165, 1.54) is 12.1 Å². The molecule has 0 aliphatic carbocycles. The molecule has 0 saturated carbocycles. The third kappa shape index (κ3) is 3.40. The molecule has 4 rings (SSSR count). The number of anilines is 1. The second kappa shape index (κ2) is 7.15. The van der Waals surface area contributed by atoms with Crippen LogP contribution in [0.4, 0.5) is 19.0 Å². The Bertz CT molecular complexity index is 1120. The second-order valence-corrected chi connectivity index (χ2v) is 7.16. The molecular formula is C19H19F3N6O2. The van der Waals surface area contributed by atoms with E-state index in [4.69, 9.17) is 0 Å². The predicted molar refractivity (Wildman–Crippen MR) is 101 cm³/mol. The summed E-state index contributed by atoms with van der Waals surface area (Å²) >= 11 is 0. The molecule has 0 bridgehead atoms. The van der Waals surface area contributed by atoms with Gasteiger partial charge in [-0.3, -0.25) is 4.79 Å². The Morgan fingerprint density at radius 1 is 1.07 bits per heavy atom. The van der Waals surface area contributed by atoms with Crippen molar-refractivity contribution in [3.63, 3.8) is 0 Å². The molecular weight excluding hydrogens is 401 g/mol. The third-order valence-electron chi connectivity index (χ3n) is 5.28. The van der Waals surface area contributed by atoms with Gasteiger partial charge in [0.2, 0.25) is 0 Å². The lowest BCUT2D eigenvalue weighted by Gasteiger charge is -2.36. The molecule has 1 saturated heterocycles. The van der Waals surface area contributed by atoms with Gasteiger partial charge in [0.15, 0.2) is 11.5 Å². The van der Waals surface area contributed by atoms with E-state index in [0.717, 1.165) is 10.1 Å². The van der Waals surface area contributed by atoms with Crippen LogP contribution in [0.2, 0.25) is 0 Å². The van der Waals surface area contributed by atoms with Crippen molar-refractivity contribution in [3.05, 3.63) is 46.8 Å². The molecule has 30 heavy (non-hydrogen) atoms. The molecule has 0 atom stereocenters. The molecule has 1 fully saturated rings. The molecule has 1 aliphatic rings. The van der Waals surface area contributed by atoms with Crippen molar-refractivity contribution in [2.45, 2.75) is 20.0 Å². The fraction of sp³-hybridized carbons (Fsp3) is 0.368. The molecule has 1 aromatic carbocycles. The van der Waals surface area contributed by atoms with Crippen LogP contribution >= 0.6 is 0 Å². The van der Waals surface area contributed by atoms with Crippen LogP contribution in [0, 0.1) is 13.8 Å². The number of benzene rings is 1. The minimum absolute atomic E-state index is 0.0116. The molecule has 3 heterocycles. The number of fused-ring (bicyclic) bond motifs is 1. The normalized spacial score (nSPS) is 15.1. The van der Waals surface area contributed by atoms with Crippen LogP contribution < -0.4 is 4.90 Å². The van der Waals surface area contributed by atoms with Crippen LogP contribution in [0.1, 0.15) is 27.3 Å². The highest BCUT2D eigenvalue weighted by Crippen LogP contribution is 2.31. The van der Waals surface area contributed by atoms with Crippen LogP contribution in [0.25, 0.3) is 5.65 Å². The Morgan fingerprint density at radius 2 is 1.77 bits per heavy atom. The summed E-state index contributed by atoms with van der Waals surface area (Å²) in [5.74, 6) is -0.952. The first-order valence-electron chi connectivity index (χ1n) is 9.30. The number of hydrogen-bond acceptors (Lipinski definition) is 6. The molecule has 1 amide bonds. The Balaban J connectivity index is 1.59. The molecule has 1 aliphatic heterocycles. The topological polar surface area (TPSA) is 86.9 Å². The standard InChI is InChI=1S/C19H19F3N6O2/c1-11-12(2)16(25-28-15(11)23-24-18(28)19(20,21)22)26-6-8-27(9-7-26)17(30)13-4-3-5-14(29)10-13/h3-5,10,29H,6-9H2,1-2H3. The first-order chi connectivity index (χ1) is 14.2. The third-order valence-corrected chi connectivity index (χ3v) is 5.28. The quantitative estimate of drug-likeness (QED) is 0.685. The summed E-state index contributed by atoms with van der Waals surface area (Å²) < 4.78 is 40.5. The van der Waals surface area contributed by atoms with Gasteiger partial charge in [-0.05, 0) is 32.0 Å². The van der Waals surface area contributed by atoms with Crippen LogP contribution in [-0.2, 0) is 6.18 Å². The van der Waals surface area contributed by atoms with Crippen molar-refractivity contribution in [2.75, 3.05) is 31.1 Å². The summed E-state index contributed by atoms with van der Waals surface area (Å²) in [6.45, 7) is 5.04. The smallest absolute Gasteiger partial charge is 0.453 e. The number of aryl methyl sites for hydroxylation is 1. The zero-order valence-corrected chi connectivity index (χ0v) is 16.3. The number of carbonyl (C=O) groups excluding carboxylic acids is 1. The number of phenolic OH excluding ortho intramolecular Hbond substituents is 1. The molecule has 1 N–H and O–H groups in total. The highest BCUT2D eigenvalue weighted by Gasteiger charge is 2.38. The maximum Gasteiger partial charge on any atom is 0.453 e. The fourth-order valence-electron chi connectivity index (χ4n) is 3.53. The zero-order valence-electron chi connectivity index (χ0n) is 16.3. The van der Waals surface area contributed by atoms with Crippen molar-refractivity contribution in [3.8, 4) is 5.75 Å². The molecule has 2 aromatic heterocycles. The first kappa shape index (κ1) is 19.9. The number of nitrogens with zero attached hydrogens (tertiary/aromatic N) is 6. The SMILES string of the molecule is Cc1c(N2CCN(C(=O)c3cccc(O)c3)CC2)nn2c(C(F)(F)F)nnc2c1C. The largest absolute Gasteiger partial charge is 0.508 e. The van der Waals surface area contributed by atoms with E-state index in [-0.39, 0.29) is 17.3 Å². The summed E-state index contributed by atoms with van der Waals surface area (Å²) in [7, 11) is 0. The van der Waals surface area contributed by atoms with Crippen molar-refractivity contribution >= 4 is 17.4 Å². The van der Waals surface area contributed by atoms with E-state index in [2.05, 4.69) is 15.3 Å². The van der Waals surface area contributed by atoms with Gasteiger partial charge in [0.25, 0.3) is 11.7 Å². The lowest BCUT2D eigenvalue weighted by atomic mass is 10.1. The van der Waals surface area contributed by atoms with E-state index in [9.17, 15) is 23.1 Å². The monoisotopic (exact) mass is 420 g/mol. The lowest BCUT2D eigenvalue weighted by Crippen LogP contribution is -2.49. The van der Waals surface area contributed by atoms with E-state index in [1.54, 1.807) is 30.9 Å². The Kier molecular flexibility index (Phi) is 4.75. The summed E-state index contributed by atoms with van der Waals surface area (Å²) in [6.07, 6.45) is -4.67. The first-order valence-corrected chi connectivity index (χ1v) is 9.30. The Hall–Kier alpha value is -3.37. The van der Waals surface area contributed by atoms with E-state index in [1.807, 2.05) is 4.90 Å². The van der Waals surface area contributed by atoms with Gasteiger partial charge in [0, 0.05) is 42.9 Å². The van der Waals surface area contributed by atoms with Gasteiger partial charge in [-0.25, -0.2) is 0 Å². The van der Waals surface area contributed by atoms with E-state index >= 15 is 0 Å². The average Bonchev–Trinajstić information content (AvgIpc) is 3.15. The number of alkyl halides is 3. The number of aromatic hydroxyl groups is 1. The van der Waals surface area contributed by atoms with Gasteiger partial charge < -0.3 is 14.9 Å². The molecule has 0 spiro atoms. The number of rotatable bonds is 2. The number of hydrogen-bond donors (Lipinski definition) is 1. The summed E-state index contributed by atoms with van der Waals surface area (Å²) in [4.78, 5) is 16.1. The van der Waals surface area contributed by atoms with Crippen molar-refractivity contribution in [1.82, 2.24) is 24.7 Å². The van der Waals surface area contributed by atoms with Gasteiger partial charge in [0.05, 0.1) is 0 Å². The van der Waals surface area contributed by atoms with Crippen molar-refractivity contribution < 1.29 is 23.1 Å². The molecule has 0 radical (unpaired) electrons. The molecule has 3 aromatic rings. The van der Waals surface area contributed by atoms with Crippen LogP contribution in [-0.4, -0.2) is 61.9 Å². The minimum atomic E-state index is -4.67. The Morgan fingerprint density at radius 3 is 2.40 bits per heavy atom. The zero-order chi connectivity index (χ0) is 21.6. The van der Waals surface area contributed by atoms with E-state index < -0.39 is 12.0 Å². The molecule has 158 valence electrons. The molecule has 8 nitrogen and oxygen atoms in total. The van der Waals surface area contributed by atoms with Gasteiger partial charge in [-0.1, -0.05) is 6.07 Å². The average molecular weight is 420 g/mol. The predicted octanol–water partition coefficient (Wildman–Crippen LogP) is 2.43. The maximum absolute atomic E-state index is 13.2. The van der Waals surface area contributed by atoms with Crippen LogP contribution in [0.3, 0.4) is 0 Å². The number of carbonyl (C=O) groups is 1. The van der Waals surface area contributed by atoms with Crippen molar-refractivity contribution in [2.24, 2.45) is 0 Å². The highest BCUT2D eigenvalue weighted by atomic mass is 19.4. The Labute approximate surface area is 169 Å². The summed E-state index contributed by atoms with van der Waals surface area (Å²) in [5, 5.41) is 20.7. The van der Waals surface area contributed by atoms with E-state index in [0.29, 0.717) is 43.1 Å².